The van der Waals surface area contributed by atoms with Crippen LogP contribution < -0.4 is 14.8 Å². The van der Waals surface area contributed by atoms with Crippen LogP contribution in [0.4, 0.5) is 8.78 Å². The number of nitrogens with one attached hydrogen (secondary N) is 1. The molecule has 0 radical (unpaired) electrons. The predicted octanol–water partition coefficient (Wildman–Crippen LogP) is 3.99. The molecule has 1 aliphatic carbocycles. The van der Waals surface area contributed by atoms with Crippen molar-refractivity contribution in [3.63, 3.8) is 0 Å². The van der Waals surface area contributed by atoms with E-state index in [0.717, 1.165) is 44.6 Å². The summed E-state index contributed by atoms with van der Waals surface area (Å²) in [6, 6.07) is 5.41. The van der Waals surface area contributed by atoms with Gasteiger partial charge in [-0.3, -0.25) is 4.90 Å². The second kappa shape index (κ2) is 8.25. The third-order valence-corrected chi connectivity index (χ3v) is 5.17. The van der Waals surface area contributed by atoms with Gasteiger partial charge in [0.2, 0.25) is 0 Å². The number of alkyl halides is 2. The van der Waals surface area contributed by atoms with Crippen LogP contribution in [0.2, 0.25) is 0 Å². The first-order valence-corrected chi connectivity index (χ1v) is 8.47. The Morgan fingerprint density at radius 1 is 1.08 bits per heavy atom. The molecule has 2 heterocycles. The number of ether oxygens (including phenoxy) is 2. The number of piperazine rings is 1. The van der Waals surface area contributed by atoms with Crippen LogP contribution >= 0.6 is 24.8 Å². The molecule has 8 heteroatoms. The lowest BCUT2D eigenvalue weighted by Gasteiger charge is -2.38. The molecule has 2 fully saturated rings. The fourth-order valence-corrected chi connectivity index (χ4v) is 4.21. The third kappa shape index (κ3) is 4.13. The number of halogens is 4. The number of hydrogen-bond acceptors (Lipinski definition) is 4. The standard InChI is InChI=1S/C17H22F2N2O2.2ClH/c18-17(19)22-14-7-3-6-13(16(14)23-17)15(12-4-1-2-5-12)21-10-8-20-9-11-21;;/h3,6-7,12,15,20H,1-2,4-5,8-11H2;2*1H/t15-;;/m1../s1. The predicted molar refractivity (Wildman–Crippen MR) is 96.3 cm³/mol. The van der Waals surface area contributed by atoms with Gasteiger partial charge in [-0.15, -0.1) is 33.6 Å². The van der Waals surface area contributed by atoms with Crippen molar-refractivity contribution in [3.05, 3.63) is 23.8 Å². The molecule has 2 aliphatic heterocycles. The summed E-state index contributed by atoms with van der Waals surface area (Å²) in [6.45, 7) is 3.74. The summed E-state index contributed by atoms with van der Waals surface area (Å²) in [5, 5.41) is 3.36. The zero-order valence-electron chi connectivity index (χ0n) is 13.9. The summed E-state index contributed by atoms with van der Waals surface area (Å²) in [4.78, 5) is 2.42. The van der Waals surface area contributed by atoms with Crippen molar-refractivity contribution >= 4 is 24.8 Å². The molecule has 1 aromatic rings. The van der Waals surface area contributed by atoms with E-state index in [0.29, 0.717) is 5.92 Å². The van der Waals surface area contributed by atoms with Gasteiger partial charge in [0, 0.05) is 37.8 Å². The summed E-state index contributed by atoms with van der Waals surface area (Å²) in [7, 11) is 0. The highest BCUT2D eigenvalue weighted by molar-refractivity contribution is 5.85. The summed E-state index contributed by atoms with van der Waals surface area (Å²) in [5.41, 5.74) is 0.855. The van der Waals surface area contributed by atoms with Crippen LogP contribution in [0.5, 0.6) is 11.5 Å². The van der Waals surface area contributed by atoms with E-state index >= 15 is 0 Å². The number of fused-ring (bicyclic) bond motifs is 1. The Kier molecular flexibility index (Phi) is 6.76. The molecule has 0 unspecified atom stereocenters. The fraction of sp³-hybridized carbons (Fsp3) is 0.647. The molecule has 0 aromatic heterocycles. The van der Waals surface area contributed by atoms with Gasteiger partial charge in [0.25, 0.3) is 0 Å². The highest BCUT2D eigenvalue weighted by Gasteiger charge is 2.46. The van der Waals surface area contributed by atoms with Crippen LogP contribution in [0.1, 0.15) is 37.3 Å². The van der Waals surface area contributed by atoms with E-state index in [1.54, 1.807) is 12.1 Å². The monoisotopic (exact) mass is 396 g/mol. The zero-order chi connectivity index (χ0) is 15.9. The SMILES string of the molecule is Cl.Cl.FC1(F)Oc2cccc([C@@H](C3CCCC3)N3CCNCC3)c2O1. The average molecular weight is 397 g/mol. The van der Waals surface area contributed by atoms with Crippen molar-refractivity contribution in [1.82, 2.24) is 10.2 Å². The zero-order valence-corrected chi connectivity index (χ0v) is 15.5. The Morgan fingerprint density at radius 2 is 1.76 bits per heavy atom. The van der Waals surface area contributed by atoms with Gasteiger partial charge in [0.05, 0.1) is 0 Å². The second-order valence-corrected chi connectivity index (χ2v) is 6.62. The molecule has 4 rings (SSSR count). The van der Waals surface area contributed by atoms with Gasteiger partial charge >= 0.3 is 6.29 Å². The lowest BCUT2D eigenvalue weighted by atomic mass is 9.89. The smallest absolute Gasteiger partial charge is 0.395 e. The van der Waals surface area contributed by atoms with Gasteiger partial charge in [-0.2, -0.15) is 0 Å². The van der Waals surface area contributed by atoms with Crippen molar-refractivity contribution in [2.45, 2.75) is 38.0 Å². The van der Waals surface area contributed by atoms with Crippen LogP contribution in [-0.2, 0) is 0 Å². The van der Waals surface area contributed by atoms with Crippen LogP contribution in [0, 0.1) is 5.92 Å². The van der Waals surface area contributed by atoms with Gasteiger partial charge in [-0.25, -0.2) is 0 Å². The van der Waals surface area contributed by atoms with Crippen molar-refractivity contribution in [1.29, 1.82) is 0 Å². The Balaban J connectivity index is 0.00000113. The van der Waals surface area contributed by atoms with Gasteiger partial charge in [-0.1, -0.05) is 25.0 Å². The van der Waals surface area contributed by atoms with E-state index in [9.17, 15) is 8.78 Å². The number of rotatable bonds is 3. The first kappa shape index (κ1) is 20.5. The van der Waals surface area contributed by atoms with Crippen LogP contribution in [-0.4, -0.2) is 37.4 Å². The van der Waals surface area contributed by atoms with Crippen LogP contribution in [0.25, 0.3) is 0 Å². The molecule has 0 bridgehead atoms. The molecule has 25 heavy (non-hydrogen) atoms. The summed E-state index contributed by atoms with van der Waals surface area (Å²) < 4.78 is 36.6. The third-order valence-electron chi connectivity index (χ3n) is 5.17. The minimum absolute atomic E-state index is 0. The maximum Gasteiger partial charge on any atom is 0.586 e. The fourth-order valence-electron chi connectivity index (χ4n) is 4.21. The van der Waals surface area contributed by atoms with E-state index in [-0.39, 0.29) is 42.4 Å². The van der Waals surface area contributed by atoms with Gasteiger partial charge in [0.1, 0.15) is 0 Å². The maximum atomic E-state index is 13.5. The summed E-state index contributed by atoms with van der Waals surface area (Å²) in [6.07, 6.45) is 1.18. The summed E-state index contributed by atoms with van der Waals surface area (Å²) >= 11 is 0. The molecule has 3 aliphatic rings. The largest absolute Gasteiger partial charge is 0.586 e. The first-order chi connectivity index (χ1) is 11.1. The van der Waals surface area contributed by atoms with Crippen molar-refractivity contribution in [2.75, 3.05) is 26.2 Å². The van der Waals surface area contributed by atoms with Crippen molar-refractivity contribution in [3.8, 4) is 11.5 Å². The number of para-hydroxylation sites is 1. The Morgan fingerprint density at radius 3 is 2.44 bits per heavy atom. The molecule has 4 nitrogen and oxygen atoms in total. The van der Waals surface area contributed by atoms with Crippen LogP contribution in [0.15, 0.2) is 18.2 Å². The quantitative estimate of drug-likeness (QED) is 0.837. The molecular weight excluding hydrogens is 373 g/mol. The molecular formula is C17H24Cl2F2N2O2. The number of benzene rings is 1. The average Bonchev–Trinajstić information content (AvgIpc) is 3.15. The van der Waals surface area contributed by atoms with E-state index < -0.39 is 6.29 Å². The highest BCUT2D eigenvalue weighted by Crippen LogP contribution is 2.49. The molecule has 1 saturated heterocycles. The lowest BCUT2D eigenvalue weighted by Crippen LogP contribution is -2.46. The Bertz CT molecular complexity index is 580. The molecule has 1 saturated carbocycles. The Hall–Kier alpha value is -0.820. The molecule has 0 spiro atoms. The van der Waals surface area contributed by atoms with Gasteiger partial charge in [-0.05, 0) is 24.8 Å². The van der Waals surface area contributed by atoms with Gasteiger partial charge in [0.15, 0.2) is 11.5 Å². The maximum absolute atomic E-state index is 13.5. The topological polar surface area (TPSA) is 33.7 Å². The second-order valence-electron chi connectivity index (χ2n) is 6.62. The van der Waals surface area contributed by atoms with Crippen LogP contribution in [0.3, 0.4) is 0 Å². The minimum atomic E-state index is -3.55. The lowest BCUT2D eigenvalue weighted by molar-refractivity contribution is -0.287. The number of hydrogen-bond donors (Lipinski definition) is 1. The molecule has 142 valence electrons. The van der Waals surface area contributed by atoms with E-state index in [4.69, 9.17) is 4.74 Å². The minimum Gasteiger partial charge on any atom is -0.395 e. The van der Waals surface area contributed by atoms with E-state index in [1.807, 2.05) is 6.07 Å². The molecule has 0 amide bonds. The molecule has 1 N–H and O–H groups in total. The normalized spacial score (nSPS) is 23.6. The van der Waals surface area contributed by atoms with Crippen molar-refractivity contribution < 1.29 is 18.3 Å². The summed E-state index contributed by atoms with van der Waals surface area (Å²) in [5.74, 6) is 0.885. The van der Waals surface area contributed by atoms with E-state index in [2.05, 4.69) is 15.0 Å². The molecule has 1 atom stereocenters. The van der Waals surface area contributed by atoms with Gasteiger partial charge < -0.3 is 14.8 Å². The molecule has 1 aromatic carbocycles. The Labute approximate surface area is 159 Å². The number of nitrogens with zero attached hydrogens (tertiary/aromatic N) is 1. The van der Waals surface area contributed by atoms with E-state index in [1.165, 1.54) is 12.8 Å². The first-order valence-electron chi connectivity index (χ1n) is 8.47. The highest BCUT2D eigenvalue weighted by atomic mass is 35.5. The van der Waals surface area contributed by atoms with Crippen molar-refractivity contribution in [2.24, 2.45) is 5.92 Å².